The number of nitrogens with zero attached hydrogens (tertiary/aromatic N) is 3. The first-order chi connectivity index (χ1) is 22.5. The monoisotopic (exact) mass is 669 g/mol. The van der Waals surface area contributed by atoms with Crippen LogP contribution in [0.1, 0.15) is 52.2 Å². The molecule has 2 aromatic heterocycles. The Morgan fingerprint density at radius 2 is 1.89 bits per heavy atom. The standard InChI is InChI=1S/C32H40N5O9P/c1-19(29(39)44-21-12-5-4-6-13-21)36-47(41,46-24-15-9-11-20-10-7-8-14-22(20)24)43-18-25-26(38)32(2,40)30(45-25)37-17-16-23-27(37)34-31(33)35-28(23)42-3/h7-11,14-17,19,21,25-26,30,38,40H,4-6,12-13,18H2,1-3H3,(H,36,41)(H2,33,34,35)/t19-,25+,26+,30+,32+,47+/m0/s1. The van der Waals surface area contributed by atoms with E-state index in [4.69, 9.17) is 29.0 Å². The normalized spacial score (nSPS) is 25.4. The molecule has 1 saturated heterocycles. The molecule has 1 aliphatic carbocycles. The Kier molecular flexibility index (Phi) is 9.43. The van der Waals surface area contributed by atoms with Gasteiger partial charge in [-0.2, -0.15) is 15.1 Å². The summed E-state index contributed by atoms with van der Waals surface area (Å²) in [6.45, 7) is 2.45. The number of benzene rings is 2. The van der Waals surface area contributed by atoms with Gasteiger partial charge in [-0.05, 0) is 57.0 Å². The van der Waals surface area contributed by atoms with E-state index >= 15 is 0 Å². The minimum absolute atomic E-state index is 0.0545. The lowest BCUT2D eigenvalue weighted by molar-refractivity contribution is -0.152. The second-order valence-electron chi connectivity index (χ2n) is 12.2. The smallest absolute Gasteiger partial charge is 0.459 e. The summed E-state index contributed by atoms with van der Waals surface area (Å²) < 4.78 is 45.0. The van der Waals surface area contributed by atoms with Crippen LogP contribution in [-0.2, 0) is 23.4 Å². The quantitative estimate of drug-likeness (QED) is 0.131. The number of methoxy groups -OCH3 is 1. The summed E-state index contributed by atoms with van der Waals surface area (Å²) in [5.41, 5.74) is 4.34. The number of esters is 1. The summed E-state index contributed by atoms with van der Waals surface area (Å²) in [6.07, 6.45) is 2.19. The van der Waals surface area contributed by atoms with Gasteiger partial charge in [0.1, 0.15) is 35.7 Å². The third-order valence-electron chi connectivity index (χ3n) is 8.67. The number of aliphatic hydroxyl groups excluding tert-OH is 1. The zero-order valence-electron chi connectivity index (χ0n) is 26.4. The van der Waals surface area contributed by atoms with E-state index in [9.17, 15) is 19.6 Å². The molecule has 6 atom stereocenters. The number of fused-ring (bicyclic) bond motifs is 2. The number of hydrogen-bond donors (Lipinski definition) is 4. The van der Waals surface area contributed by atoms with Crippen molar-refractivity contribution in [3.63, 3.8) is 0 Å². The van der Waals surface area contributed by atoms with Crippen molar-refractivity contribution < 1.29 is 42.8 Å². The van der Waals surface area contributed by atoms with Gasteiger partial charge in [0.15, 0.2) is 11.9 Å². The Labute approximate surface area is 271 Å². The number of nitrogens with one attached hydrogen (secondary N) is 1. The van der Waals surface area contributed by atoms with Crippen LogP contribution in [0.15, 0.2) is 54.7 Å². The molecule has 15 heteroatoms. The molecule has 5 N–H and O–H groups in total. The molecular formula is C32H40N5O9P. The number of nitrogen functional groups attached to an aromatic ring is 1. The average molecular weight is 670 g/mol. The minimum Gasteiger partial charge on any atom is -0.480 e. The topological polar surface area (TPSA) is 190 Å². The Bertz CT molecular complexity index is 1790. The minimum atomic E-state index is -4.35. The lowest BCUT2D eigenvalue weighted by atomic mass is 9.96. The molecule has 3 heterocycles. The van der Waals surface area contributed by atoms with E-state index in [2.05, 4.69) is 15.1 Å². The van der Waals surface area contributed by atoms with Gasteiger partial charge in [0.25, 0.3) is 0 Å². The fourth-order valence-electron chi connectivity index (χ4n) is 6.15. The van der Waals surface area contributed by atoms with Crippen LogP contribution in [0.4, 0.5) is 5.95 Å². The highest BCUT2D eigenvalue weighted by Gasteiger charge is 2.54. The number of carbonyl (C=O) groups excluding carboxylic acids is 1. The van der Waals surface area contributed by atoms with Crippen molar-refractivity contribution in [1.82, 2.24) is 19.6 Å². The van der Waals surface area contributed by atoms with Crippen molar-refractivity contribution in [2.75, 3.05) is 19.5 Å². The lowest BCUT2D eigenvalue weighted by Gasteiger charge is -2.28. The Hall–Kier alpha value is -3.78. The molecule has 252 valence electrons. The molecule has 1 saturated carbocycles. The summed E-state index contributed by atoms with van der Waals surface area (Å²) in [5, 5.41) is 27.4. The van der Waals surface area contributed by atoms with E-state index in [1.165, 1.54) is 25.5 Å². The zero-order chi connectivity index (χ0) is 33.3. The largest absolute Gasteiger partial charge is 0.480 e. The van der Waals surface area contributed by atoms with Crippen LogP contribution in [0.3, 0.4) is 0 Å². The van der Waals surface area contributed by atoms with Crippen LogP contribution in [-0.4, -0.2) is 74.4 Å². The predicted octanol–water partition coefficient (Wildman–Crippen LogP) is 4.24. The van der Waals surface area contributed by atoms with Gasteiger partial charge >= 0.3 is 13.7 Å². The van der Waals surface area contributed by atoms with Gasteiger partial charge in [0, 0.05) is 11.6 Å². The average Bonchev–Trinajstić information content (AvgIpc) is 3.57. The highest BCUT2D eigenvalue weighted by Crippen LogP contribution is 2.49. The van der Waals surface area contributed by atoms with Crippen LogP contribution in [0, 0.1) is 0 Å². The maximum absolute atomic E-state index is 14.4. The second kappa shape index (κ2) is 13.4. The second-order valence-corrected chi connectivity index (χ2v) is 13.9. The summed E-state index contributed by atoms with van der Waals surface area (Å²) in [5.74, 6) is -0.146. The summed E-state index contributed by atoms with van der Waals surface area (Å²) >= 11 is 0. The van der Waals surface area contributed by atoms with Crippen molar-refractivity contribution in [3.05, 3.63) is 54.7 Å². The predicted molar refractivity (Wildman–Crippen MR) is 173 cm³/mol. The molecule has 2 fully saturated rings. The molecule has 14 nitrogen and oxygen atoms in total. The first kappa shape index (κ1) is 33.1. The van der Waals surface area contributed by atoms with E-state index < -0.39 is 50.4 Å². The van der Waals surface area contributed by atoms with Gasteiger partial charge in [-0.15, -0.1) is 0 Å². The molecule has 1 aliphatic heterocycles. The maximum Gasteiger partial charge on any atom is 0.459 e. The molecule has 0 bridgehead atoms. The van der Waals surface area contributed by atoms with Gasteiger partial charge in [-0.3, -0.25) is 9.32 Å². The van der Waals surface area contributed by atoms with Gasteiger partial charge in [-0.25, -0.2) is 4.57 Å². The number of aromatic nitrogens is 3. The molecule has 47 heavy (non-hydrogen) atoms. The number of hydrogen-bond acceptors (Lipinski definition) is 12. The molecule has 6 rings (SSSR count). The third kappa shape index (κ3) is 6.80. The molecule has 2 aliphatic rings. The van der Waals surface area contributed by atoms with Crippen LogP contribution in [0.25, 0.3) is 21.8 Å². The van der Waals surface area contributed by atoms with Crippen molar-refractivity contribution in [1.29, 1.82) is 0 Å². The van der Waals surface area contributed by atoms with Crippen molar-refractivity contribution >= 4 is 41.5 Å². The molecule has 0 unspecified atom stereocenters. The molecule has 0 spiro atoms. The van der Waals surface area contributed by atoms with Crippen LogP contribution < -0.4 is 20.1 Å². The summed E-state index contributed by atoms with van der Waals surface area (Å²) in [4.78, 5) is 21.4. The number of rotatable bonds is 11. The van der Waals surface area contributed by atoms with Crippen molar-refractivity contribution in [3.8, 4) is 11.6 Å². The van der Waals surface area contributed by atoms with E-state index in [0.29, 0.717) is 16.4 Å². The Balaban J connectivity index is 1.24. The van der Waals surface area contributed by atoms with Gasteiger partial charge < -0.3 is 39.2 Å². The number of ether oxygens (including phenoxy) is 3. The molecule has 0 radical (unpaired) electrons. The van der Waals surface area contributed by atoms with Gasteiger partial charge in [0.05, 0.1) is 19.1 Å². The third-order valence-corrected chi connectivity index (χ3v) is 10.3. The number of aliphatic hydroxyl groups is 2. The molecule has 0 amide bonds. The molecular weight excluding hydrogens is 629 g/mol. The Morgan fingerprint density at radius 3 is 2.66 bits per heavy atom. The fourth-order valence-corrected chi connectivity index (χ4v) is 7.67. The van der Waals surface area contributed by atoms with Crippen LogP contribution in [0.5, 0.6) is 11.6 Å². The summed E-state index contributed by atoms with van der Waals surface area (Å²) in [6, 6.07) is 13.3. The first-order valence-corrected chi connectivity index (χ1v) is 17.2. The number of nitrogens with two attached hydrogens (primary N) is 1. The SMILES string of the molecule is COc1nc(N)nc2c1ccn2[C@@H]1O[C@H](CO[P@](=O)(N[C@@H](C)C(=O)OC2CCCCC2)Oc2cccc3ccccc23)[C@@H](O)[C@@]1(C)O. The fraction of sp³-hybridized carbons (Fsp3) is 0.469. The van der Waals surface area contributed by atoms with Crippen LogP contribution >= 0.6 is 7.75 Å². The maximum atomic E-state index is 14.4. The number of anilines is 1. The van der Waals surface area contributed by atoms with E-state index in [-0.39, 0.29) is 23.7 Å². The Morgan fingerprint density at radius 1 is 1.15 bits per heavy atom. The molecule has 4 aromatic rings. The van der Waals surface area contributed by atoms with Crippen molar-refractivity contribution in [2.45, 2.75) is 82.1 Å². The highest BCUT2D eigenvalue weighted by molar-refractivity contribution is 7.52. The van der Waals surface area contributed by atoms with Crippen LogP contribution in [0.2, 0.25) is 0 Å². The van der Waals surface area contributed by atoms with Gasteiger partial charge in [0.2, 0.25) is 11.8 Å². The number of carbonyl (C=O) groups is 1. The first-order valence-electron chi connectivity index (χ1n) is 15.6. The van der Waals surface area contributed by atoms with Gasteiger partial charge in [-0.1, -0.05) is 42.8 Å². The van der Waals surface area contributed by atoms with E-state index in [0.717, 1.165) is 37.5 Å². The van der Waals surface area contributed by atoms with E-state index in [1.54, 1.807) is 24.4 Å². The highest BCUT2D eigenvalue weighted by atomic mass is 31.2. The van der Waals surface area contributed by atoms with E-state index in [1.807, 2.05) is 30.3 Å². The molecule has 2 aromatic carbocycles. The lowest BCUT2D eigenvalue weighted by Crippen LogP contribution is -2.44. The van der Waals surface area contributed by atoms with Crippen molar-refractivity contribution in [2.24, 2.45) is 0 Å². The summed E-state index contributed by atoms with van der Waals surface area (Å²) in [7, 11) is -2.90. The zero-order valence-corrected chi connectivity index (χ0v) is 27.3.